The van der Waals surface area contributed by atoms with Gasteiger partial charge in [-0.2, -0.15) is 0 Å². The van der Waals surface area contributed by atoms with E-state index in [-0.39, 0.29) is 5.69 Å². The highest BCUT2D eigenvalue weighted by Gasteiger charge is 2.27. The smallest absolute Gasteiger partial charge is 0.404 e. The number of anilines is 2. The maximum absolute atomic E-state index is 11.1. The number of nitro benzene ring substituents is 1. The van der Waals surface area contributed by atoms with E-state index in [2.05, 4.69) is 0 Å². The van der Waals surface area contributed by atoms with Crippen molar-refractivity contribution in [3.63, 3.8) is 0 Å². The third-order valence-electron chi connectivity index (χ3n) is 3.75. The molecule has 3 rings (SSSR count). The Morgan fingerprint density at radius 1 is 1.26 bits per heavy atom. The van der Waals surface area contributed by atoms with Crippen LogP contribution in [0.2, 0.25) is 0 Å². The lowest BCUT2D eigenvalue weighted by atomic mass is 9.99. The fourth-order valence-electron chi connectivity index (χ4n) is 2.82. The molecule has 1 atom stereocenters. The Bertz CT molecular complexity index is 762. The second kappa shape index (κ2) is 5.96. The number of nitro groups is 1. The molecule has 0 radical (unpaired) electrons. The molecule has 1 aliphatic rings. The standard InChI is InChI=1S/C16H15N3O4/c17-16(20)23-14-8-11-4-1-2-7-15(11)18(10-14)12-5-3-6-13(9-12)19(21)22/h1-7,9,14H,8,10H2,(H2,17,20). The minimum atomic E-state index is -0.826. The van der Waals surface area contributed by atoms with Crippen LogP contribution in [0.4, 0.5) is 21.9 Å². The number of para-hydroxylation sites is 1. The molecule has 7 nitrogen and oxygen atoms in total. The molecule has 0 saturated heterocycles. The first-order valence-corrected chi connectivity index (χ1v) is 7.10. The number of primary amides is 1. The van der Waals surface area contributed by atoms with Crippen molar-refractivity contribution < 1.29 is 14.5 Å². The highest BCUT2D eigenvalue weighted by Crippen LogP contribution is 2.35. The molecule has 23 heavy (non-hydrogen) atoms. The van der Waals surface area contributed by atoms with Gasteiger partial charge in [0.15, 0.2) is 0 Å². The Labute approximate surface area is 132 Å². The van der Waals surface area contributed by atoms with E-state index >= 15 is 0 Å². The van der Waals surface area contributed by atoms with Crippen LogP contribution in [0.3, 0.4) is 0 Å². The van der Waals surface area contributed by atoms with E-state index in [0.717, 1.165) is 11.3 Å². The average molecular weight is 313 g/mol. The van der Waals surface area contributed by atoms with Gasteiger partial charge < -0.3 is 15.4 Å². The molecule has 7 heteroatoms. The number of fused-ring (bicyclic) bond motifs is 1. The van der Waals surface area contributed by atoms with Crippen LogP contribution < -0.4 is 10.6 Å². The molecular weight excluding hydrogens is 298 g/mol. The number of carbonyl (C=O) groups is 1. The molecule has 2 N–H and O–H groups in total. The van der Waals surface area contributed by atoms with Gasteiger partial charge in [-0.3, -0.25) is 10.1 Å². The fraction of sp³-hybridized carbons (Fsp3) is 0.188. The summed E-state index contributed by atoms with van der Waals surface area (Å²) in [5, 5.41) is 11.0. The van der Waals surface area contributed by atoms with Crippen LogP contribution in [0, 0.1) is 10.1 Å². The number of non-ortho nitro benzene ring substituents is 1. The molecule has 118 valence electrons. The molecule has 2 aromatic rings. The summed E-state index contributed by atoms with van der Waals surface area (Å²) in [6, 6.07) is 14.0. The Morgan fingerprint density at radius 2 is 2.04 bits per heavy atom. The Hall–Kier alpha value is -3.09. The summed E-state index contributed by atoms with van der Waals surface area (Å²) in [6.45, 7) is 0.390. The molecule has 0 aliphatic carbocycles. The van der Waals surface area contributed by atoms with E-state index in [1.165, 1.54) is 12.1 Å². The first-order chi connectivity index (χ1) is 11.0. The van der Waals surface area contributed by atoms with Crippen molar-refractivity contribution in [2.45, 2.75) is 12.5 Å². The number of amides is 1. The minimum Gasteiger partial charge on any atom is -0.444 e. The van der Waals surface area contributed by atoms with Crippen LogP contribution >= 0.6 is 0 Å². The van der Waals surface area contributed by atoms with Gasteiger partial charge >= 0.3 is 6.09 Å². The highest BCUT2D eigenvalue weighted by atomic mass is 16.6. The van der Waals surface area contributed by atoms with Gasteiger partial charge in [-0.05, 0) is 17.7 Å². The largest absolute Gasteiger partial charge is 0.444 e. The normalized spacial score (nSPS) is 16.5. The van der Waals surface area contributed by atoms with Crippen molar-refractivity contribution in [2.75, 3.05) is 11.4 Å². The van der Waals surface area contributed by atoms with E-state index < -0.39 is 17.1 Å². The van der Waals surface area contributed by atoms with Crippen molar-refractivity contribution in [3.05, 3.63) is 64.2 Å². The molecule has 1 aliphatic heterocycles. The molecule has 1 amide bonds. The van der Waals surface area contributed by atoms with Gasteiger partial charge in [0.25, 0.3) is 5.69 Å². The molecular formula is C16H15N3O4. The number of rotatable bonds is 3. The summed E-state index contributed by atoms with van der Waals surface area (Å²) in [7, 11) is 0. The number of carbonyl (C=O) groups excluding carboxylic acids is 1. The summed E-state index contributed by atoms with van der Waals surface area (Å²) in [5.41, 5.74) is 7.74. The van der Waals surface area contributed by atoms with Crippen LogP contribution in [0.25, 0.3) is 0 Å². The third-order valence-corrected chi connectivity index (χ3v) is 3.75. The molecule has 0 saturated carbocycles. The van der Waals surface area contributed by atoms with Gasteiger partial charge in [0, 0.05) is 29.9 Å². The molecule has 1 heterocycles. The summed E-state index contributed by atoms with van der Waals surface area (Å²) < 4.78 is 5.14. The lowest BCUT2D eigenvalue weighted by Crippen LogP contribution is -2.39. The summed E-state index contributed by atoms with van der Waals surface area (Å²) in [5.74, 6) is 0. The van der Waals surface area contributed by atoms with Gasteiger partial charge in [-0.15, -0.1) is 0 Å². The SMILES string of the molecule is NC(=O)OC1Cc2ccccc2N(c2cccc([N+](=O)[O-])c2)C1. The summed E-state index contributed by atoms with van der Waals surface area (Å²) in [6.07, 6.45) is -0.667. The average Bonchev–Trinajstić information content (AvgIpc) is 2.53. The van der Waals surface area contributed by atoms with Gasteiger partial charge in [-0.1, -0.05) is 24.3 Å². The van der Waals surface area contributed by atoms with Crippen LogP contribution in [-0.2, 0) is 11.2 Å². The maximum atomic E-state index is 11.1. The van der Waals surface area contributed by atoms with Gasteiger partial charge in [0.05, 0.1) is 11.5 Å². The van der Waals surface area contributed by atoms with E-state index in [4.69, 9.17) is 10.5 Å². The zero-order chi connectivity index (χ0) is 16.4. The van der Waals surface area contributed by atoms with Crippen molar-refractivity contribution in [1.82, 2.24) is 0 Å². The number of benzene rings is 2. The first-order valence-electron chi connectivity index (χ1n) is 7.10. The van der Waals surface area contributed by atoms with E-state index in [1.807, 2.05) is 29.2 Å². The summed E-state index contributed by atoms with van der Waals surface area (Å²) >= 11 is 0. The Morgan fingerprint density at radius 3 is 2.78 bits per heavy atom. The van der Waals surface area contributed by atoms with Crippen molar-refractivity contribution in [2.24, 2.45) is 5.73 Å². The molecule has 0 fully saturated rings. The maximum Gasteiger partial charge on any atom is 0.404 e. The first kappa shape index (κ1) is 14.8. The Kier molecular flexibility index (Phi) is 3.84. The van der Waals surface area contributed by atoms with Gasteiger partial charge in [-0.25, -0.2) is 4.79 Å². The second-order valence-corrected chi connectivity index (χ2v) is 5.28. The predicted molar refractivity (Wildman–Crippen MR) is 84.7 cm³/mol. The zero-order valence-electron chi connectivity index (χ0n) is 12.2. The number of hydrogen-bond donors (Lipinski definition) is 1. The molecule has 0 bridgehead atoms. The van der Waals surface area contributed by atoms with Gasteiger partial charge in [0.1, 0.15) is 6.10 Å². The monoisotopic (exact) mass is 313 g/mol. The second-order valence-electron chi connectivity index (χ2n) is 5.28. The molecule has 2 aromatic carbocycles. The van der Waals surface area contributed by atoms with Crippen LogP contribution in [0.5, 0.6) is 0 Å². The number of hydrogen-bond acceptors (Lipinski definition) is 5. The molecule has 0 spiro atoms. The lowest BCUT2D eigenvalue weighted by Gasteiger charge is -2.35. The number of nitrogens with zero attached hydrogens (tertiary/aromatic N) is 2. The lowest BCUT2D eigenvalue weighted by molar-refractivity contribution is -0.384. The zero-order valence-corrected chi connectivity index (χ0v) is 12.2. The van der Waals surface area contributed by atoms with Crippen molar-refractivity contribution in [3.8, 4) is 0 Å². The van der Waals surface area contributed by atoms with Crippen molar-refractivity contribution in [1.29, 1.82) is 0 Å². The minimum absolute atomic E-state index is 0.0120. The van der Waals surface area contributed by atoms with E-state index in [1.54, 1.807) is 12.1 Å². The van der Waals surface area contributed by atoms with Crippen LogP contribution in [-0.4, -0.2) is 23.7 Å². The van der Waals surface area contributed by atoms with Gasteiger partial charge in [0.2, 0.25) is 0 Å². The molecule has 0 aromatic heterocycles. The topological polar surface area (TPSA) is 98.7 Å². The van der Waals surface area contributed by atoms with Crippen molar-refractivity contribution >= 4 is 23.2 Å². The number of nitrogens with two attached hydrogens (primary N) is 1. The quantitative estimate of drug-likeness (QED) is 0.694. The fourth-order valence-corrected chi connectivity index (χ4v) is 2.82. The highest BCUT2D eigenvalue weighted by molar-refractivity contribution is 5.70. The Balaban J connectivity index is 2.01. The van der Waals surface area contributed by atoms with E-state index in [0.29, 0.717) is 18.7 Å². The van der Waals surface area contributed by atoms with E-state index in [9.17, 15) is 14.9 Å². The van der Waals surface area contributed by atoms with Crippen LogP contribution in [0.15, 0.2) is 48.5 Å². The number of ether oxygens (including phenoxy) is 1. The predicted octanol–water partition coefficient (Wildman–Crippen LogP) is 2.75. The third kappa shape index (κ3) is 3.08. The summed E-state index contributed by atoms with van der Waals surface area (Å²) in [4.78, 5) is 23.5. The molecule has 1 unspecified atom stereocenters. The van der Waals surface area contributed by atoms with Crippen LogP contribution in [0.1, 0.15) is 5.56 Å².